The monoisotopic (exact) mass is 465 g/mol. The summed E-state index contributed by atoms with van der Waals surface area (Å²) in [5.41, 5.74) is 1.64. The molecular formula is C23H27N7O2S. The van der Waals surface area contributed by atoms with Gasteiger partial charge in [0.1, 0.15) is 5.01 Å². The van der Waals surface area contributed by atoms with Crippen molar-refractivity contribution in [1.82, 2.24) is 25.4 Å². The molecular weight excluding hydrogens is 438 g/mol. The summed E-state index contributed by atoms with van der Waals surface area (Å²) in [6, 6.07) is 9.24. The fourth-order valence-corrected chi connectivity index (χ4v) is 4.77. The second-order valence-corrected chi connectivity index (χ2v) is 9.63. The van der Waals surface area contributed by atoms with Gasteiger partial charge in [-0.2, -0.15) is 5.10 Å². The molecule has 33 heavy (non-hydrogen) atoms. The van der Waals surface area contributed by atoms with Crippen LogP contribution in [-0.2, 0) is 22.4 Å². The summed E-state index contributed by atoms with van der Waals surface area (Å²) in [5, 5.41) is 24.0. The molecule has 9 nitrogen and oxygen atoms in total. The lowest BCUT2D eigenvalue weighted by molar-refractivity contribution is -0.119. The van der Waals surface area contributed by atoms with Crippen LogP contribution in [0.25, 0.3) is 0 Å². The van der Waals surface area contributed by atoms with Crippen molar-refractivity contribution in [2.24, 2.45) is 11.8 Å². The van der Waals surface area contributed by atoms with Crippen LogP contribution in [0.5, 0.6) is 0 Å². The second-order valence-electron chi connectivity index (χ2n) is 8.63. The molecule has 1 fully saturated rings. The SMILES string of the molecule is CC(C)C(=O)Nc1ccc(CC2CC[C@H](c3nnc(NC(=O)Cc4ccccn4)s3)C2)nn1. The van der Waals surface area contributed by atoms with Gasteiger partial charge in [0, 0.05) is 23.7 Å². The molecule has 0 aliphatic heterocycles. The number of rotatable bonds is 8. The molecule has 2 amide bonds. The molecule has 1 aliphatic carbocycles. The van der Waals surface area contributed by atoms with Crippen LogP contribution >= 0.6 is 11.3 Å². The van der Waals surface area contributed by atoms with Gasteiger partial charge in [-0.3, -0.25) is 14.6 Å². The minimum absolute atomic E-state index is 0.0694. The highest BCUT2D eigenvalue weighted by atomic mass is 32.1. The van der Waals surface area contributed by atoms with Crippen LogP contribution in [0.2, 0.25) is 0 Å². The summed E-state index contributed by atoms with van der Waals surface area (Å²) in [6.45, 7) is 3.68. The highest BCUT2D eigenvalue weighted by Gasteiger charge is 2.29. The average molecular weight is 466 g/mol. The first-order valence-corrected chi connectivity index (χ1v) is 11.9. The van der Waals surface area contributed by atoms with Crippen molar-refractivity contribution in [3.8, 4) is 0 Å². The molecule has 1 saturated carbocycles. The molecule has 172 valence electrons. The quantitative estimate of drug-likeness (QED) is 0.521. The topological polar surface area (TPSA) is 123 Å². The Hall–Kier alpha value is -3.27. The van der Waals surface area contributed by atoms with E-state index in [1.165, 1.54) is 11.3 Å². The highest BCUT2D eigenvalue weighted by Crippen LogP contribution is 2.41. The molecule has 2 N–H and O–H groups in total. The summed E-state index contributed by atoms with van der Waals surface area (Å²) < 4.78 is 0. The van der Waals surface area contributed by atoms with E-state index in [0.717, 1.165) is 42.1 Å². The third-order valence-corrected chi connectivity index (χ3v) is 6.64. The standard InChI is InChI=1S/C23H27N7O2S/c1-14(2)21(32)25-19-9-8-18(27-28-19)12-15-6-7-16(11-15)22-29-30-23(33-22)26-20(31)13-17-5-3-4-10-24-17/h3-5,8-10,14-16H,6-7,11-13H2,1-2H3,(H,25,28,32)(H,26,30,31)/t15?,16-/m0/s1. The molecule has 0 saturated heterocycles. The lowest BCUT2D eigenvalue weighted by Crippen LogP contribution is -2.19. The summed E-state index contributed by atoms with van der Waals surface area (Å²) in [6.07, 6.45) is 5.85. The fourth-order valence-electron chi connectivity index (χ4n) is 3.87. The van der Waals surface area contributed by atoms with Gasteiger partial charge in [-0.1, -0.05) is 31.3 Å². The molecule has 1 unspecified atom stereocenters. The maximum Gasteiger partial charge on any atom is 0.232 e. The van der Waals surface area contributed by atoms with E-state index in [0.29, 0.717) is 22.8 Å². The minimum Gasteiger partial charge on any atom is -0.309 e. The Kier molecular flexibility index (Phi) is 7.33. The molecule has 0 spiro atoms. The summed E-state index contributed by atoms with van der Waals surface area (Å²) in [4.78, 5) is 28.2. The van der Waals surface area contributed by atoms with Gasteiger partial charge < -0.3 is 10.6 Å². The van der Waals surface area contributed by atoms with Crippen LogP contribution in [0.15, 0.2) is 36.5 Å². The van der Waals surface area contributed by atoms with E-state index in [9.17, 15) is 9.59 Å². The van der Waals surface area contributed by atoms with Crippen LogP contribution in [0, 0.1) is 11.8 Å². The van der Waals surface area contributed by atoms with E-state index >= 15 is 0 Å². The van der Waals surface area contributed by atoms with Crippen molar-refractivity contribution in [2.45, 2.75) is 51.9 Å². The fraction of sp³-hybridized carbons (Fsp3) is 0.435. The molecule has 0 aromatic carbocycles. The number of aromatic nitrogens is 5. The van der Waals surface area contributed by atoms with Gasteiger partial charge >= 0.3 is 0 Å². The second kappa shape index (κ2) is 10.6. The Bertz CT molecular complexity index is 1090. The number of pyridine rings is 1. The van der Waals surface area contributed by atoms with Crippen molar-refractivity contribution >= 4 is 34.1 Å². The molecule has 0 radical (unpaired) electrons. The van der Waals surface area contributed by atoms with E-state index in [4.69, 9.17) is 0 Å². The van der Waals surface area contributed by atoms with Gasteiger partial charge in [-0.15, -0.1) is 15.3 Å². The Balaban J connectivity index is 1.26. The summed E-state index contributed by atoms with van der Waals surface area (Å²) in [7, 11) is 0. The molecule has 1 aliphatic rings. The highest BCUT2D eigenvalue weighted by molar-refractivity contribution is 7.15. The van der Waals surface area contributed by atoms with E-state index < -0.39 is 0 Å². The Labute approximate surface area is 196 Å². The zero-order valence-electron chi connectivity index (χ0n) is 18.7. The van der Waals surface area contributed by atoms with Crippen LogP contribution in [0.3, 0.4) is 0 Å². The molecule has 3 aromatic heterocycles. The maximum atomic E-state index is 12.2. The van der Waals surface area contributed by atoms with Crippen LogP contribution in [0.4, 0.5) is 10.9 Å². The van der Waals surface area contributed by atoms with Crippen LogP contribution in [0.1, 0.15) is 55.4 Å². The number of carbonyl (C=O) groups is 2. The number of amides is 2. The lowest BCUT2D eigenvalue weighted by atomic mass is 10.00. The van der Waals surface area contributed by atoms with E-state index in [1.54, 1.807) is 12.3 Å². The van der Waals surface area contributed by atoms with E-state index in [1.807, 2.05) is 38.1 Å². The van der Waals surface area contributed by atoms with Crippen LogP contribution in [-0.4, -0.2) is 37.2 Å². The molecule has 10 heteroatoms. The van der Waals surface area contributed by atoms with Crippen molar-refractivity contribution in [3.05, 3.63) is 52.9 Å². The number of nitrogens with one attached hydrogen (secondary N) is 2. The lowest BCUT2D eigenvalue weighted by Gasteiger charge is -2.10. The maximum absolute atomic E-state index is 12.2. The van der Waals surface area contributed by atoms with E-state index in [-0.39, 0.29) is 24.2 Å². The van der Waals surface area contributed by atoms with Gasteiger partial charge in [0.25, 0.3) is 0 Å². The molecule has 0 bridgehead atoms. The van der Waals surface area contributed by atoms with E-state index in [2.05, 4.69) is 36.0 Å². The van der Waals surface area contributed by atoms with Crippen molar-refractivity contribution in [2.75, 3.05) is 10.6 Å². The predicted molar refractivity (Wildman–Crippen MR) is 126 cm³/mol. The largest absolute Gasteiger partial charge is 0.309 e. The number of carbonyl (C=O) groups excluding carboxylic acids is 2. The van der Waals surface area contributed by atoms with Gasteiger partial charge in [-0.05, 0) is 55.9 Å². The third-order valence-electron chi connectivity index (χ3n) is 5.64. The first-order valence-electron chi connectivity index (χ1n) is 11.1. The number of anilines is 2. The Morgan fingerprint density at radius 1 is 1.03 bits per heavy atom. The molecule has 2 atom stereocenters. The number of hydrogen-bond acceptors (Lipinski definition) is 8. The van der Waals surface area contributed by atoms with Gasteiger partial charge in [0.05, 0.1) is 12.1 Å². The number of hydrogen-bond donors (Lipinski definition) is 2. The van der Waals surface area contributed by atoms with Crippen molar-refractivity contribution in [1.29, 1.82) is 0 Å². The third kappa shape index (κ3) is 6.38. The Morgan fingerprint density at radius 2 is 1.91 bits per heavy atom. The number of nitrogens with zero attached hydrogens (tertiary/aromatic N) is 5. The first-order chi connectivity index (χ1) is 16.0. The first kappa shape index (κ1) is 22.9. The van der Waals surface area contributed by atoms with Crippen LogP contribution < -0.4 is 10.6 Å². The van der Waals surface area contributed by atoms with Gasteiger partial charge in [0.2, 0.25) is 16.9 Å². The molecule has 3 heterocycles. The molecule has 3 aromatic rings. The summed E-state index contributed by atoms with van der Waals surface area (Å²) in [5.74, 6) is 0.996. The predicted octanol–water partition coefficient (Wildman–Crippen LogP) is 3.63. The zero-order chi connectivity index (χ0) is 23.2. The minimum atomic E-state index is -0.146. The van der Waals surface area contributed by atoms with Crippen molar-refractivity contribution < 1.29 is 9.59 Å². The average Bonchev–Trinajstić information content (AvgIpc) is 3.45. The zero-order valence-corrected chi connectivity index (χ0v) is 19.5. The van der Waals surface area contributed by atoms with Gasteiger partial charge in [0.15, 0.2) is 5.82 Å². The van der Waals surface area contributed by atoms with Gasteiger partial charge in [-0.25, -0.2) is 0 Å². The van der Waals surface area contributed by atoms with Crippen molar-refractivity contribution in [3.63, 3.8) is 0 Å². The smallest absolute Gasteiger partial charge is 0.232 e. The Morgan fingerprint density at radius 3 is 2.64 bits per heavy atom. The normalized spacial score (nSPS) is 17.8. The summed E-state index contributed by atoms with van der Waals surface area (Å²) >= 11 is 1.44. The molecule has 4 rings (SSSR count).